The number of hydrogen-bond donors (Lipinski definition) is 1. The summed E-state index contributed by atoms with van der Waals surface area (Å²) in [6, 6.07) is 7.89. The van der Waals surface area contributed by atoms with E-state index in [-0.39, 0.29) is 30.0 Å². The van der Waals surface area contributed by atoms with Gasteiger partial charge < -0.3 is 14.6 Å². The fraction of sp³-hybridized carbons (Fsp3) is 0.462. The van der Waals surface area contributed by atoms with Crippen molar-refractivity contribution in [3.63, 3.8) is 0 Å². The quantitative estimate of drug-likeness (QED) is 0.438. The molecule has 0 radical (unpaired) electrons. The van der Waals surface area contributed by atoms with Gasteiger partial charge in [-0.1, -0.05) is 42.0 Å². The van der Waals surface area contributed by atoms with Crippen molar-refractivity contribution in [2.75, 3.05) is 0 Å². The number of esters is 2. The van der Waals surface area contributed by atoms with Gasteiger partial charge in [0.2, 0.25) is 0 Å². The van der Waals surface area contributed by atoms with Crippen molar-refractivity contribution in [1.29, 1.82) is 0 Å². The van der Waals surface area contributed by atoms with Gasteiger partial charge in [0.05, 0.1) is 12.2 Å². The van der Waals surface area contributed by atoms with Crippen molar-refractivity contribution in [3.05, 3.63) is 65.8 Å². The van der Waals surface area contributed by atoms with E-state index in [1.165, 1.54) is 18.2 Å². The molecule has 1 aromatic carbocycles. The summed E-state index contributed by atoms with van der Waals surface area (Å²) < 4.78 is 11.0. The van der Waals surface area contributed by atoms with Crippen molar-refractivity contribution in [2.24, 2.45) is 11.8 Å². The predicted molar refractivity (Wildman–Crippen MR) is 120 cm³/mol. The highest BCUT2D eigenvalue weighted by atomic mass is 16.5. The average Bonchev–Trinajstić information content (AvgIpc) is 3.13. The van der Waals surface area contributed by atoms with Gasteiger partial charge in [0.1, 0.15) is 6.10 Å². The molecular formula is C26H32O5. The zero-order valence-electron chi connectivity index (χ0n) is 18.3. The topological polar surface area (TPSA) is 72.8 Å². The Balaban J connectivity index is 1.63. The lowest BCUT2D eigenvalue weighted by atomic mass is 9.90. The fourth-order valence-electron chi connectivity index (χ4n) is 4.22. The summed E-state index contributed by atoms with van der Waals surface area (Å²) in [5, 5.41) is 10.7. The standard InChI is InChI=1S/C26H32O5/c1-18-8-10-20(11-9-18)12-14-26(29)31-22-16-21-7-5-3-4-6-19(2)30-25(28)15-13-24(27)23(21)17-22/h5,7-15,19,21-24,27H,3-4,6,16-17H2,1-2H3/b7-5+,14-12+,15-13+/t19-,21+,22-,23+,24+/m0/s1. The molecule has 1 aliphatic heterocycles. The molecule has 0 bridgehead atoms. The Labute approximate surface area is 184 Å². The van der Waals surface area contributed by atoms with Crippen molar-refractivity contribution < 1.29 is 24.2 Å². The number of cyclic esters (lactones) is 1. The Morgan fingerprint density at radius 3 is 2.74 bits per heavy atom. The van der Waals surface area contributed by atoms with Gasteiger partial charge in [-0.2, -0.15) is 0 Å². The van der Waals surface area contributed by atoms with E-state index in [0.717, 1.165) is 30.4 Å². The van der Waals surface area contributed by atoms with Gasteiger partial charge in [0, 0.05) is 12.2 Å². The van der Waals surface area contributed by atoms with Crippen LogP contribution in [0.25, 0.3) is 6.08 Å². The molecule has 3 rings (SSSR count). The molecule has 5 heteroatoms. The average molecular weight is 425 g/mol. The first-order chi connectivity index (χ1) is 14.9. The molecule has 31 heavy (non-hydrogen) atoms. The third-order valence-corrected chi connectivity index (χ3v) is 5.94. The van der Waals surface area contributed by atoms with Gasteiger partial charge in [-0.3, -0.25) is 0 Å². The molecule has 5 nitrogen and oxygen atoms in total. The summed E-state index contributed by atoms with van der Waals surface area (Å²) in [6.45, 7) is 3.90. The number of fused-ring (bicyclic) bond motifs is 1. The van der Waals surface area contributed by atoms with Crippen molar-refractivity contribution in [3.8, 4) is 0 Å². The van der Waals surface area contributed by atoms with Gasteiger partial charge >= 0.3 is 11.9 Å². The number of aliphatic hydroxyl groups excluding tert-OH is 1. The third-order valence-electron chi connectivity index (χ3n) is 5.94. The van der Waals surface area contributed by atoms with Crippen LogP contribution in [-0.4, -0.2) is 35.4 Å². The van der Waals surface area contributed by atoms with Crippen LogP contribution in [0.2, 0.25) is 0 Å². The minimum Gasteiger partial charge on any atom is -0.460 e. The molecule has 1 heterocycles. The van der Waals surface area contributed by atoms with Gasteiger partial charge in [0.15, 0.2) is 0 Å². The molecule has 1 aromatic rings. The summed E-state index contributed by atoms with van der Waals surface area (Å²) in [6.07, 6.45) is 12.9. The number of hydrogen-bond acceptors (Lipinski definition) is 5. The van der Waals surface area contributed by atoms with Crippen molar-refractivity contribution in [2.45, 2.75) is 64.3 Å². The molecule has 0 spiro atoms. The fourth-order valence-corrected chi connectivity index (χ4v) is 4.22. The van der Waals surface area contributed by atoms with Crippen LogP contribution in [0.5, 0.6) is 0 Å². The summed E-state index contributed by atoms with van der Waals surface area (Å²) in [5.74, 6) is -0.839. The van der Waals surface area contributed by atoms with E-state index in [4.69, 9.17) is 9.47 Å². The smallest absolute Gasteiger partial charge is 0.331 e. The molecule has 1 fully saturated rings. The maximum atomic E-state index is 12.3. The van der Waals surface area contributed by atoms with Crippen LogP contribution in [0, 0.1) is 18.8 Å². The van der Waals surface area contributed by atoms with Crippen LogP contribution >= 0.6 is 0 Å². The zero-order chi connectivity index (χ0) is 22.2. The highest BCUT2D eigenvalue weighted by Crippen LogP contribution is 2.38. The predicted octanol–water partition coefficient (Wildman–Crippen LogP) is 4.54. The number of rotatable bonds is 3. The lowest BCUT2D eigenvalue weighted by Gasteiger charge is -2.19. The van der Waals surface area contributed by atoms with Gasteiger partial charge in [-0.25, -0.2) is 9.59 Å². The maximum absolute atomic E-state index is 12.3. The van der Waals surface area contributed by atoms with Gasteiger partial charge in [-0.15, -0.1) is 0 Å². The molecule has 5 atom stereocenters. The molecule has 166 valence electrons. The summed E-state index contributed by atoms with van der Waals surface area (Å²) in [4.78, 5) is 24.2. The van der Waals surface area contributed by atoms with E-state index in [2.05, 4.69) is 12.2 Å². The van der Waals surface area contributed by atoms with Crippen molar-refractivity contribution in [1.82, 2.24) is 0 Å². The Kier molecular flexibility index (Phi) is 8.24. The summed E-state index contributed by atoms with van der Waals surface area (Å²) in [7, 11) is 0. The van der Waals surface area contributed by atoms with Crippen LogP contribution < -0.4 is 0 Å². The maximum Gasteiger partial charge on any atom is 0.331 e. The van der Waals surface area contributed by atoms with E-state index in [1.54, 1.807) is 6.08 Å². The van der Waals surface area contributed by atoms with E-state index in [0.29, 0.717) is 12.8 Å². The molecular weight excluding hydrogens is 392 g/mol. The number of aliphatic hydroxyl groups is 1. The Morgan fingerprint density at radius 2 is 1.97 bits per heavy atom. The SMILES string of the molecule is Cc1ccc(/C=C/C(=O)O[C@@H]2C[C@H]3[C@H](O)/C=C/C(=O)O[C@@H](C)CCC/C=C/[C@@H]3C2)cc1. The number of aryl methyl sites for hydroxylation is 1. The number of carbonyl (C=O) groups is 2. The first-order valence-corrected chi connectivity index (χ1v) is 11.1. The molecule has 1 N–H and O–H groups in total. The van der Waals surface area contributed by atoms with E-state index >= 15 is 0 Å². The molecule has 1 saturated carbocycles. The first kappa shape index (κ1) is 23.0. The zero-order valence-corrected chi connectivity index (χ0v) is 18.3. The van der Waals surface area contributed by atoms with Gasteiger partial charge in [-0.05, 0) is 75.5 Å². The lowest BCUT2D eigenvalue weighted by Crippen LogP contribution is -2.22. The molecule has 1 aliphatic carbocycles. The molecule has 0 unspecified atom stereocenters. The normalized spacial score (nSPS) is 31.6. The Morgan fingerprint density at radius 1 is 1.19 bits per heavy atom. The van der Waals surface area contributed by atoms with Crippen LogP contribution in [-0.2, 0) is 19.1 Å². The largest absolute Gasteiger partial charge is 0.460 e. The van der Waals surface area contributed by atoms with Gasteiger partial charge in [0.25, 0.3) is 0 Å². The van der Waals surface area contributed by atoms with Crippen LogP contribution in [0.15, 0.2) is 54.6 Å². The monoisotopic (exact) mass is 424 g/mol. The summed E-state index contributed by atoms with van der Waals surface area (Å²) >= 11 is 0. The van der Waals surface area contributed by atoms with Crippen LogP contribution in [0.3, 0.4) is 0 Å². The second-order valence-corrected chi connectivity index (χ2v) is 8.56. The second-order valence-electron chi connectivity index (χ2n) is 8.56. The first-order valence-electron chi connectivity index (χ1n) is 11.1. The van der Waals surface area contributed by atoms with E-state index < -0.39 is 12.1 Å². The Bertz CT molecular complexity index is 836. The summed E-state index contributed by atoms with van der Waals surface area (Å²) in [5.41, 5.74) is 2.10. The lowest BCUT2D eigenvalue weighted by molar-refractivity contribution is -0.143. The second kappa shape index (κ2) is 11.1. The molecule has 0 amide bonds. The number of carbonyl (C=O) groups excluding carboxylic acids is 2. The van der Waals surface area contributed by atoms with Crippen LogP contribution in [0.1, 0.15) is 50.2 Å². The number of benzene rings is 1. The highest BCUT2D eigenvalue weighted by molar-refractivity contribution is 5.87. The third kappa shape index (κ3) is 7.21. The minimum absolute atomic E-state index is 0.0905. The van der Waals surface area contributed by atoms with Crippen LogP contribution in [0.4, 0.5) is 0 Å². The number of ether oxygens (including phenoxy) is 2. The number of allylic oxidation sites excluding steroid dienone is 2. The highest BCUT2D eigenvalue weighted by Gasteiger charge is 2.38. The Hall–Kier alpha value is -2.66. The molecule has 0 saturated heterocycles. The molecule has 2 aliphatic rings. The van der Waals surface area contributed by atoms with E-state index in [1.807, 2.05) is 38.1 Å². The minimum atomic E-state index is -0.801. The molecule has 0 aromatic heterocycles. The van der Waals surface area contributed by atoms with E-state index in [9.17, 15) is 14.7 Å². The van der Waals surface area contributed by atoms with Crippen molar-refractivity contribution >= 4 is 18.0 Å².